The third-order valence-corrected chi connectivity index (χ3v) is 7.07. The molecule has 0 aliphatic rings. The van der Waals surface area contributed by atoms with Crippen molar-refractivity contribution < 1.29 is 8.42 Å². The predicted molar refractivity (Wildman–Crippen MR) is 104 cm³/mol. The second-order valence-corrected chi connectivity index (χ2v) is 9.70. The second kappa shape index (κ2) is 7.41. The molecule has 8 nitrogen and oxygen atoms in total. The number of nitrogen functional groups attached to an aromatic ring is 1. The molecule has 3 rings (SSSR count). The molecule has 11 heteroatoms. The minimum Gasteiger partial charge on any atom is -0.334 e. The van der Waals surface area contributed by atoms with Crippen LogP contribution in [0.4, 0.5) is 0 Å². The highest BCUT2D eigenvalue weighted by Crippen LogP contribution is 2.20. The lowest BCUT2D eigenvalue weighted by atomic mass is 10.4. The van der Waals surface area contributed by atoms with Crippen molar-refractivity contribution in [3.8, 4) is 5.95 Å². The van der Waals surface area contributed by atoms with Crippen LogP contribution in [0.2, 0.25) is 0 Å². The first kappa shape index (κ1) is 18.9. The summed E-state index contributed by atoms with van der Waals surface area (Å²) in [5.41, 5.74) is 1.73. The highest BCUT2D eigenvalue weighted by molar-refractivity contribution is 9.10. The Balaban J connectivity index is 1.69. The number of rotatable bonds is 6. The first-order chi connectivity index (χ1) is 12.3. The Morgan fingerprint density at radius 2 is 1.88 bits per heavy atom. The molecule has 3 aromatic rings. The number of hydrogen-bond acceptors (Lipinski definition) is 7. The van der Waals surface area contributed by atoms with Crippen molar-refractivity contribution >= 4 is 37.5 Å². The van der Waals surface area contributed by atoms with Crippen LogP contribution in [0, 0.1) is 13.8 Å². The number of thioether (sulfide) groups is 1. The van der Waals surface area contributed by atoms with Crippen LogP contribution in [0.15, 0.2) is 44.9 Å². The molecule has 0 aliphatic heterocycles. The summed E-state index contributed by atoms with van der Waals surface area (Å²) >= 11 is 4.53. The van der Waals surface area contributed by atoms with Gasteiger partial charge in [-0.15, -0.1) is 10.2 Å². The van der Waals surface area contributed by atoms with Crippen molar-refractivity contribution in [3.05, 3.63) is 46.2 Å². The molecule has 0 bridgehead atoms. The molecule has 0 unspecified atom stereocenters. The first-order valence-electron chi connectivity index (χ1n) is 7.63. The Kier molecular flexibility index (Phi) is 5.39. The molecular formula is C15H17BrN6O2S2. The highest BCUT2D eigenvalue weighted by atomic mass is 79.9. The van der Waals surface area contributed by atoms with E-state index < -0.39 is 9.84 Å². The fourth-order valence-corrected chi connectivity index (χ4v) is 5.11. The fraction of sp³-hybridized carbons (Fsp3) is 0.267. The summed E-state index contributed by atoms with van der Waals surface area (Å²) in [6.45, 7) is 3.77. The summed E-state index contributed by atoms with van der Waals surface area (Å²) in [7, 11) is -3.37. The molecule has 138 valence electrons. The molecule has 0 radical (unpaired) electrons. The third-order valence-electron chi connectivity index (χ3n) is 3.60. The van der Waals surface area contributed by atoms with E-state index in [1.165, 1.54) is 16.4 Å². The van der Waals surface area contributed by atoms with Crippen LogP contribution in [-0.4, -0.2) is 44.6 Å². The van der Waals surface area contributed by atoms with E-state index >= 15 is 0 Å². The zero-order valence-electron chi connectivity index (χ0n) is 14.1. The lowest BCUT2D eigenvalue weighted by Gasteiger charge is -2.06. The molecular weight excluding hydrogens is 440 g/mol. The van der Waals surface area contributed by atoms with E-state index in [2.05, 4.69) is 31.2 Å². The van der Waals surface area contributed by atoms with Gasteiger partial charge in [0, 0.05) is 15.9 Å². The first-order valence-corrected chi connectivity index (χ1v) is 11.1. The molecule has 0 fully saturated rings. The Bertz CT molecular complexity index is 1030. The van der Waals surface area contributed by atoms with E-state index in [1.807, 2.05) is 19.9 Å². The fourth-order valence-electron chi connectivity index (χ4n) is 2.35. The third kappa shape index (κ3) is 3.94. The van der Waals surface area contributed by atoms with Gasteiger partial charge in [-0.2, -0.15) is 5.10 Å². The summed E-state index contributed by atoms with van der Waals surface area (Å²) in [6, 6.07) is 8.48. The Hall–Kier alpha value is -1.85. The zero-order chi connectivity index (χ0) is 18.9. The minimum absolute atomic E-state index is 0.0264. The maximum Gasteiger partial charge on any atom is 0.271 e. The normalized spacial score (nSPS) is 11.8. The highest BCUT2D eigenvalue weighted by Gasteiger charge is 2.18. The van der Waals surface area contributed by atoms with E-state index in [4.69, 9.17) is 5.84 Å². The van der Waals surface area contributed by atoms with E-state index in [0.29, 0.717) is 21.8 Å². The van der Waals surface area contributed by atoms with Crippen molar-refractivity contribution in [2.45, 2.75) is 23.9 Å². The quantitative estimate of drug-likeness (QED) is 0.446. The van der Waals surface area contributed by atoms with E-state index in [-0.39, 0.29) is 5.75 Å². The topological polar surface area (TPSA) is 109 Å². The summed E-state index contributed by atoms with van der Waals surface area (Å²) in [6.07, 6.45) is 0. The van der Waals surface area contributed by atoms with Crippen LogP contribution in [-0.2, 0) is 9.84 Å². The summed E-state index contributed by atoms with van der Waals surface area (Å²) < 4.78 is 28.5. The van der Waals surface area contributed by atoms with Gasteiger partial charge in [-0.3, -0.25) is 0 Å². The molecule has 0 spiro atoms. The molecule has 0 aliphatic carbocycles. The second-order valence-electron chi connectivity index (χ2n) is 5.61. The Morgan fingerprint density at radius 3 is 2.50 bits per heavy atom. The van der Waals surface area contributed by atoms with Gasteiger partial charge in [-0.05, 0) is 44.2 Å². The van der Waals surface area contributed by atoms with Gasteiger partial charge in [0.15, 0.2) is 9.84 Å². The van der Waals surface area contributed by atoms with Crippen molar-refractivity contribution in [2.75, 3.05) is 17.3 Å². The number of aryl methyl sites for hydroxylation is 2. The van der Waals surface area contributed by atoms with Crippen LogP contribution in [0.1, 0.15) is 11.4 Å². The Labute approximate surface area is 163 Å². The molecule has 0 saturated heterocycles. The van der Waals surface area contributed by atoms with Crippen LogP contribution in [0.3, 0.4) is 0 Å². The molecule has 1 aromatic carbocycles. The number of aromatic nitrogens is 5. The van der Waals surface area contributed by atoms with Crippen molar-refractivity contribution in [1.29, 1.82) is 0 Å². The average molecular weight is 457 g/mol. The number of sulfone groups is 1. The van der Waals surface area contributed by atoms with Gasteiger partial charge < -0.3 is 5.84 Å². The van der Waals surface area contributed by atoms with Crippen LogP contribution >= 0.6 is 27.7 Å². The minimum atomic E-state index is -3.37. The SMILES string of the molecule is Cc1cc(C)n(-c2nnc(SCCS(=O)(=O)c3ccc(Br)cc3)n2N)n1. The van der Waals surface area contributed by atoms with Crippen LogP contribution in [0.5, 0.6) is 0 Å². The smallest absolute Gasteiger partial charge is 0.271 e. The molecule has 2 heterocycles. The number of halogens is 1. The molecule has 0 amide bonds. The molecule has 26 heavy (non-hydrogen) atoms. The molecule has 0 atom stereocenters. The van der Waals surface area contributed by atoms with Crippen molar-refractivity contribution in [2.24, 2.45) is 0 Å². The lowest BCUT2D eigenvalue weighted by Crippen LogP contribution is -2.17. The van der Waals surface area contributed by atoms with Gasteiger partial charge >= 0.3 is 0 Å². The van der Waals surface area contributed by atoms with E-state index in [0.717, 1.165) is 15.9 Å². The zero-order valence-corrected chi connectivity index (χ0v) is 17.3. The number of nitrogens with zero attached hydrogens (tertiary/aromatic N) is 5. The van der Waals surface area contributed by atoms with E-state index in [1.54, 1.807) is 28.9 Å². The predicted octanol–water partition coefficient (Wildman–Crippen LogP) is 2.12. The average Bonchev–Trinajstić information content (AvgIpc) is 3.10. The largest absolute Gasteiger partial charge is 0.334 e. The van der Waals surface area contributed by atoms with Gasteiger partial charge in [0.2, 0.25) is 5.16 Å². The van der Waals surface area contributed by atoms with Gasteiger partial charge in [0.25, 0.3) is 5.95 Å². The van der Waals surface area contributed by atoms with Gasteiger partial charge in [-0.25, -0.2) is 17.8 Å². The molecule has 2 N–H and O–H groups in total. The number of hydrogen-bond donors (Lipinski definition) is 1. The summed E-state index contributed by atoms with van der Waals surface area (Å²) in [4.78, 5) is 0.291. The number of benzene rings is 1. The maximum absolute atomic E-state index is 12.4. The van der Waals surface area contributed by atoms with Crippen LogP contribution in [0.25, 0.3) is 5.95 Å². The van der Waals surface area contributed by atoms with Gasteiger partial charge in [0.05, 0.1) is 16.3 Å². The molecule has 2 aromatic heterocycles. The maximum atomic E-state index is 12.4. The Morgan fingerprint density at radius 1 is 1.19 bits per heavy atom. The van der Waals surface area contributed by atoms with Gasteiger partial charge in [0.1, 0.15) is 0 Å². The van der Waals surface area contributed by atoms with E-state index in [9.17, 15) is 8.42 Å². The monoisotopic (exact) mass is 456 g/mol. The van der Waals surface area contributed by atoms with Crippen molar-refractivity contribution in [1.82, 2.24) is 24.7 Å². The molecule has 0 saturated carbocycles. The lowest BCUT2D eigenvalue weighted by molar-refractivity contribution is 0.597. The van der Waals surface area contributed by atoms with Gasteiger partial charge in [-0.1, -0.05) is 27.7 Å². The summed E-state index contributed by atoms with van der Waals surface area (Å²) in [5.74, 6) is 6.71. The van der Waals surface area contributed by atoms with Crippen LogP contribution < -0.4 is 5.84 Å². The number of nitrogens with two attached hydrogens (primary N) is 1. The standard InChI is InChI=1S/C15H17BrN6O2S2/c1-10-9-11(2)22(20-10)14-18-19-15(21(14)17)25-7-8-26(23,24)13-5-3-12(16)4-6-13/h3-6,9H,7-8,17H2,1-2H3. The van der Waals surface area contributed by atoms with Crippen molar-refractivity contribution in [3.63, 3.8) is 0 Å². The summed E-state index contributed by atoms with van der Waals surface area (Å²) in [5, 5.41) is 12.8.